The molecule has 1 aromatic heterocycles. The van der Waals surface area contributed by atoms with Crippen LogP contribution in [0.1, 0.15) is 17.5 Å². The number of aryl methyl sites for hydroxylation is 2. The lowest BCUT2D eigenvalue weighted by atomic mass is 10.1. The number of rotatable bonds is 3. The zero-order valence-corrected chi connectivity index (χ0v) is 11.5. The molecule has 0 spiro atoms. The fraction of sp³-hybridized carbons (Fsp3) is 0.333. The second-order valence-corrected chi connectivity index (χ2v) is 5.00. The number of aromatic amines is 1. The van der Waals surface area contributed by atoms with E-state index in [2.05, 4.69) is 4.98 Å². The monoisotopic (exact) mass is 258 g/mol. The van der Waals surface area contributed by atoms with E-state index in [0.717, 1.165) is 16.5 Å². The third-order valence-electron chi connectivity index (χ3n) is 3.19. The SMILES string of the molecule is Cc1ccc2cc(CCC(=O)N(C)C)c(=O)[nH]c2c1. The van der Waals surface area contributed by atoms with Gasteiger partial charge in [-0.05, 0) is 36.4 Å². The van der Waals surface area contributed by atoms with Crippen molar-refractivity contribution in [3.05, 3.63) is 45.7 Å². The van der Waals surface area contributed by atoms with Gasteiger partial charge in [0.25, 0.3) is 5.56 Å². The molecule has 0 radical (unpaired) electrons. The molecule has 1 amide bonds. The molecular weight excluding hydrogens is 240 g/mol. The standard InChI is InChI=1S/C15H18N2O2/c1-10-4-5-11-9-12(6-7-14(18)17(2)3)15(19)16-13(11)8-10/h4-5,8-9H,6-7H2,1-3H3,(H,16,19). The highest BCUT2D eigenvalue weighted by Gasteiger charge is 2.08. The highest BCUT2D eigenvalue weighted by atomic mass is 16.2. The minimum Gasteiger partial charge on any atom is -0.349 e. The molecule has 1 N–H and O–H groups in total. The van der Waals surface area contributed by atoms with Crippen LogP contribution in [-0.4, -0.2) is 29.9 Å². The lowest BCUT2D eigenvalue weighted by molar-refractivity contribution is -0.128. The van der Waals surface area contributed by atoms with Crippen LogP contribution in [0.3, 0.4) is 0 Å². The molecule has 0 unspecified atom stereocenters. The van der Waals surface area contributed by atoms with Crippen LogP contribution < -0.4 is 5.56 Å². The molecule has 100 valence electrons. The minimum absolute atomic E-state index is 0.0309. The van der Waals surface area contributed by atoms with Crippen molar-refractivity contribution < 1.29 is 4.79 Å². The molecule has 0 atom stereocenters. The van der Waals surface area contributed by atoms with Crippen molar-refractivity contribution in [2.24, 2.45) is 0 Å². The summed E-state index contributed by atoms with van der Waals surface area (Å²) in [5.74, 6) is 0.0309. The van der Waals surface area contributed by atoms with Gasteiger partial charge in [-0.25, -0.2) is 0 Å². The molecule has 1 aromatic carbocycles. The third-order valence-corrected chi connectivity index (χ3v) is 3.19. The molecule has 4 heteroatoms. The molecule has 0 saturated heterocycles. The van der Waals surface area contributed by atoms with Crippen LogP contribution in [-0.2, 0) is 11.2 Å². The molecule has 19 heavy (non-hydrogen) atoms. The van der Waals surface area contributed by atoms with Crippen LogP contribution in [0, 0.1) is 6.92 Å². The lowest BCUT2D eigenvalue weighted by Crippen LogP contribution is -2.23. The van der Waals surface area contributed by atoms with Gasteiger partial charge in [-0.15, -0.1) is 0 Å². The average Bonchev–Trinajstić information content (AvgIpc) is 2.35. The molecule has 0 bridgehead atoms. The number of amides is 1. The molecule has 0 aliphatic heterocycles. The van der Waals surface area contributed by atoms with Gasteiger partial charge in [-0.1, -0.05) is 12.1 Å². The van der Waals surface area contributed by atoms with E-state index in [9.17, 15) is 9.59 Å². The highest BCUT2D eigenvalue weighted by molar-refractivity contribution is 5.80. The Morgan fingerprint density at radius 2 is 2.00 bits per heavy atom. The molecule has 2 rings (SSSR count). The first-order valence-electron chi connectivity index (χ1n) is 6.30. The number of hydrogen-bond donors (Lipinski definition) is 1. The van der Waals surface area contributed by atoms with E-state index < -0.39 is 0 Å². The number of aromatic nitrogens is 1. The number of hydrogen-bond acceptors (Lipinski definition) is 2. The van der Waals surface area contributed by atoms with Crippen molar-refractivity contribution in [3.8, 4) is 0 Å². The zero-order valence-electron chi connectivity index (χ0n) is 11.5. The summed E-state index contributed by atoms with van der Waals surface area (Å²) in [5, 5.41) is 0.998. The van der Waals surface area contributed by atoms with Crippen LogP contribution in [0.5, 0.6) is 0 Å². The van der Waals surface area contributed by atoms with E-state index in [1.807, 2.05) is 31.2 Å². The first-order valence-corrected chi connectivity index (χ1v) is 6.30. The topological polar surface area (TPSA) is 53.2 Å². The largest absolute Gasteiger partial charge is 0.349 e. The predicted molar refractivity (Wildman–Crippen MR) is 76.3 cm³/mol. The third kappa shape index (κ3) is 3.02. The van der Waals surface area contributed by atoms with Crippen molar-refractivity contribution in [1.29, 1.82) is 0 Å². The molecule has 0 aliphatic carbocycles. The Hall–Kier alpha value is -2.10. The van der Waals surface area contributed by atoms with Crippen LogP contribution in [0.4, 0.5) is 0 Å². The van der Waals surface area contributed by atoms with Crippen molar-refractivity contribution in [1.82, 2.24) is 9.88 Å². The van der Waals surface area contributed by atoms with Crippen molar-refractivity contribution in [2.75, 3.05) is 14.1 Å². The van der Waals surface area contributed by atoms with Gasteiger partial charge >= 0.3 is 0 Å². The number of fused-ring (bicyclic) bond motifs is 1. The zero-order chi connectivity index (χ0) is 14.0. The normalized spacial score (nSPS) is 10.7. The Labute approximate surface area is 112 Å². The number of benzene rings is 1. The minimum atomic E-state index is -0.107. The molecular formula is C15H18N2O2. The molecule has 0 fully saturated rings. The second-order valence-electron chi connectivity index (χ2n) is 5.00. The summed E-state index contributed by atoms with van der Waals surface area (Å²) in [4.78, 5) is 27.9. The maximum atomic E-state index is 11.9. The summed E-state index contributed by atoms with van der Waals surface area (Å²) < 4.78 is 0. The molecule has 0 saturated carbocycles. The van der Waals surface area contributed by atoms with Crippen LogP contribution in [0.15, 0.2) is 29.1 Å². The quantitative estimate of drug-likeness (QED) is 0.913. The number of carbonyl (C=O) groups excluding carboxylic acids is 1. The summed E-state index contributed by atoms with van der Waals surface area (Å²) in [6, 6.07) is 7.81. The summed E-state index contributed by atoms with van der Waals surface area (Å²) in [5.41, 5.74) is 2.50. The van der Waals surface area contributed by atoms with Gasteiger partial charge in [0, 0.05) is 31.6 Å². The highest BCUT2D eigenvalue weighted by Crippen LogP contribution is 2.13. The first kappa shape index (κ1) is 13.3. The molecule has 4 nitrogen and oxygen atoms in total. The predicted octanol–water partition coefficient (Wildman–Crippen LogP) is 1.86. The lowest BCUT2D eigenvalue weighted by Gasteiger charge is -2.09. The number of pyridine rings is 1. The van der Waals surface area contributed by atoms with Gasteiger partial charge in [0.15, 0.2) is 0 Å². The van der Waals surface area contributed by atoms with Gasteiger partial charge < -0.3 is 9.88 Å². The van der Waals surface area contributed by atoms with Gasteiger partial charge in [0.2, 0.25) is 5.91 Å². The van der Waals surface area contributed by atoms with E-state index in [0.29, 0.717) is 18.4 Å². The van der Waals surface area contributed by atoms with E-state index in [1.165, 1.54) is 0 Å². The Balaban J connectivity index is 2.29. The van der Waals surface area contributed by atoms with E-state index in [1.54, 1.807) is 19.0 Å². The van der Waals surface area contributed by atoms with E-state index in [4.69, 9.17) is 0 Å². The molecule has 2 aromatic rings. The second kappa shape index (κ2) is 5.26. The van der Waals surface area contributed by atoms with Crippen molar-refractivity contribution in [2.45, 2.75) is 19.8 Å². The fourth-order valence-electron chi connectivity index (χ4n) is 2.01. The first-order chi connectivity index (χ1) is 8.97. The number of nitrogens with zero attached hydrogens (tertiary/aromatic N) is 1. The van der Waals surface area contributed by atoms with Crippen molar-refractivity contribution >= 4 is 16.8 Å². The molecule has 1 heterocycles. The number of carbonyl (C=O) groups is 1. The smallest absolute Gasteiger partial charge is 0.251 e. The fourth-order valence-corrected chi connectivity index (χ4v) is 2.01. The van der Waals surface area contributed by atoms with Crippen LogP contribution in [0.2, 0.25) is 0 Å². The summed E-state index contributed by atoms with van der Waals surface area (Å²) in [6.07, 6.45) is 0.823. The maximum absolute atomic E-state index is 11.9. The maximum Gasteiger partial charge on any atom is 0.251 e. The van der Waals surface area contributed by atoms with Gasteiger partial charge in [0.05, 0.1) is 0 Å². The number of nitrogens with one attached hydrogen (secondary N) is 1. The van der Waals surface area contributed by atoms with E-state index >= 15 is 0 Å². The Bertz CT molecular complexity index is 671. The number of H-pyrrole nitrogens is 1. The van der Waals surface area contributed by atoms with Gasteiger partial charge in [0.1, 0.15) is 0 Å². The van der Waals surface area contributed by atoms with Crippen LogP contribution >= 0.6 is 0 Å². The average molecular weight is 258 g/mol. The Kier molecular flexibility index (Phi) is 3.69. The van der Waals surface area contributed by atoms with E-state index in [-0.39, 0.29) is 11.5 Å². The summed E-state index contributed by atoms with van der Waals surface area (Å²) in [7, 11) is 3.44. The van der Waals surface area contributed by atoms with Crippen molar-refractivity contribution in [3.63, 3.8) is 0 Å². The van der Waals surface area contributed by atoms with Gasteiger partial charge in [-0.2, -0.15) is 0 Å². The van der Waals surface area contributed by atoms with Gasteiger partial charge in [-0.3, -0.25) is 9.59 Å². The summed E-state index contributed by atoms with van der Waals surface area (Å²) >= 11 is 0. The Morgan fingerprint density at radius 1 is 1.26 bits per heavy atom. The Morgan fingerprint density at radius 3 is 2.68 bits per heavy atom. The molecule has 0 aliphatic rings. The van der Waals surface area contributed by atoms with Crippen LogP contribution in [0.25, 0.3) is 10.9 Å². The summed E-state index contributed by atoms with van der Waals surface area (Å²) in [6.45, 7) is 1.99.